The predicted octanol–water partition coefficient (Wildman–Crippen LogP) is 2.83. The van der Waals surface area contributed by atoms with Gasteiger partial charge in [0.15, 0.2) is 0 Å². The van der Waals surface area contributed by atoms with Gasteiger partial charge in [-0.15, -0.1) is 0 Å². The zero-order valence-electron chi connectivity index (χ0n) is 10.6. The van der Waals surface area contributed by atoms with Gasteiger partial charge in [0, 0.05) is 16.9 Å². The second-order valence-corrected chi connectivity index (χ2v) is 5.25. The van der Waals surface area contributed by atoms with Crippen molar-refractivity contribution in [3.05, 3.63) is 30.5 Å². The number of pyridine rings is 1. The van der Waals surface area contributed by atoms with Crippen LogP contribution in [0, 0.1) is 0 Å². The Kier molecular flexibility index (Phi) is 4.48. The van der Waals surface area contributed by atoms with E-state index in [4.69, 9.17) is 14.8 Å². The van der Waals surface area contributed by atoms with Crippen LogP contribution < -0.4 is 11.0 Å². The molecule has 0 saturated heterocycles. The third-order valence-electron chi connectivity index (χ3n) is 2.43. The molecule has 4 nitrogen and oxygen atoms in total. The lowest BCUT2D eigenvalue weighted by atomic mass is 10.2. The molecule has 0 unspecified atom stereocenters. The standard InChI is InChI=1S/C13H17N2O2P/c1-3-16-18(17-4-2)11-8-10-6-5-7-12(14)13(10)15-9-11/h5-9H,3-4,14H2,1-2H3. The van der Waals surface area contributed by atoms with E-state index in [1.807, 2.05) is 38.1 Å². The maximum absolute atomic E-state index is 5.88. The molecular formula is C13H17N2O2P. The van der Waals surface area contributed by atoms with Crippen molar-refractivity contribution in [2.24, 2.45) is 0 Å². The fourth-order valence-corrected chi connectivity index (χ4v) is 2.93. The lowest BCUT2D eigenvalue weighted by Gasteiger charge is -2.15. The van der Waals surface area contributed by atoms with Crippen LogP contribution in [-0.4, -0.2) is 18.2 Å². The number of nitrogens with zero attached hydrogens (tertiary/aromatic N) is 1. The van der Waals surface area contributed by atoms with Crippen molar-refractivity contribution in [3.8, 4) is 0 Å². The van der Waals surface area contributed by atoms with E-state index < -0.39 is 8.38 Å². The second-order valence-electron chi connectivity index (χ2n) is 3.71. The highest BCUT2D eigenvalue weighted by Gasteiger charge is 2.14. The maximum atomic E-state index is 5.88. The number of nitrogens with two attached hydrogens (primary N) is 1. The van der Waals surface area contributed by atoms with E-state index in [9.17, 15) is 0 Å². The lowest BCUT2D eigenvalue weighted by molar-refractivity contribution is 0.277. The van der Waals surface area contributed by atoms with Crippen molar-refractivity contribution in [3.63, 3.8) is 0 Å². The highest BCUT2D eigenvalue weighted by molar-refractivity contribution is 7.56. The molecule has 0 atom stereocenters. The van der Waals surface area contributed by atoms with Gasteiger partial charge in [-0.3, -0.25) is 4.98 Å². The summed E-state index contributed by atoms with van der Waals surface area (Å²) in [5.74, 6) is 0. The molecule has 2 rings (SSSR count). The monoisotopic (exact) mass is 264 g/mol. The molecule has 0 saturated carbocycles. The number of aromatic nitrogens is 1. The molecule has 0 spiro atoms. The van der Waals surface area contributed by atoms with Gasteiger partial charge in [-0.05, 0) is 26.0 Å². The molecule has 2 N–H and O–H groups in total. The van der Waals surface area contributed by atoms with Crippen LogP contribution >= 0.6 is 8.38 Å². The molecule has 5 heteroatoms. The first-order chi connectivity index (χ1) is 8.76. The normalized spacial score (nSPS) is 11.3. The van der Waals surface area contributed by atoms with Gasteiger partial charge in [0.25, 0.3) is 0 Å². The van der Waals surface area contributed by atoms with Crippen LogP contribution in [0.25, 0.3) is 10.9 Å². The first-order valence-corrected chi connectivity index (χ1v) is 7.14. The van der Waals surface area contributed by atoms with E-state index >= 15 is 0 Å². The summed E-state index contributed by atoms with van der Waals surface area (Å²) < 4.78 is 11.2. The van der Waals surface area contributed by atoms with Crippen molar-refractivity contribution in [1.29, 1.82) is 0 Å². The van der Waals surface area contributed by atoms with Gasteiger partial charge in [-0.1, -0.05) is 12.1 Å². The Bertz CT molecular complexity index is 527. The second kappa shape index (κ2) is 6.10. The molecule has 0 aliphatic heterocycles. The molecule has 0 radical (unpaired) electrons. The molecule has 96 valence electrons. The highest BCUT2D eigenvalue weighted by atomic mass is 31.2. The van der Waals surface area contributed by atoms with E-state index in [0.717, 1.165) is 16.2 Å². The van der Waals surface area contributed by atoms with Crippen LogP contribution in [0.15, 0.2) is 30.5 Å². The van der Waals surface area contributed by atoms with Gasteiger partial charge in [-0.2, -0.15) is 0 Å². The largest absolute Gasteiger partial charge is 0.397 e. The number of hydrogen-bond donors (Lipinski definition) is 1. The van der Waals surface area contributed by atoms with Crippen LogP contribution in [0.2, 0.25) is 0 Å². The Morgan fingerprint density at radius 3 is 2.61 bits per heavy atom. The Morgan fingerprint density at radius 1 is 1.22 bits per heavy atom. The SMILES string of the molecule is CCOP(OCC)c1cnc2c(N)cccc2c1. The minimum absolute atomic E-state index is 0.626. The Balaban J connectivity index is 2.39. The summed E-state index contributed by atoms with van der Waals surface area (Å²) >= 11 is 0. The van der Waals surface area contributed by atoms with Crippen LogP contribution in [0.3, 0.4) is 0 Å². The zero-order chi connectivity index (χ0) is 13.0. The smallest absolute Gasteiger partial charge is 0.206 e. The fraction of sp³-hybridized carbons (Fsp3) is 0.308. The summed E-state index contributed by atoms with van der Waals surface area (Å²) in [5, 5.41) is 1.99. The first kappa shape index (κ1) is 13.2. The molecule has 0 bridgehead atoms. The number of nitrogen functional groups attached to an aromatic ring is 1. The Labute approximate surface area is 108 Å². The summed E-state index contributed by atoms with van der Waals surface area (Å²) in [5.41, 5.74) is 7.39. The first-order valence-electron chi connectivity index (χ1n) is 5.96. The van der Waals surface area contributed by atoms with E-state index in [-0.39, 0.29) is 0 Å². The number of rotatable bonds is 5. The molecular weight excluding hydrogens is 247 g/mol. The minimum Gasteiger partial charge on any atom is -0.397 e. The maximum Gasteiger partial charge on any atom is 0.206 e. The van der Waals surface area contributed by atoms with Crippen LogP contribution in [-0.2, 0) is 9.05 Å². The number of hydrogen-bond acceptors (Lipinski definition) is 4. The van der Waals surface area contributed by atoms with E-state index in [2.05, 4.69) is 4.98 Å². The van der Waals surface area contributed by atoms with Crippen molar-refractivity contribution in [2.75, 3.05) is 18.9 Å². The van der Waals surface area contributed by atoms with Gasteiger partial charge in [-0.25, -0.2) is 0 Å². The van der Waals surface area contributed by atoms with Crippen molar-refractivity contribution < 1.29 is 9.05 Å². The third kappa shape index (κ3) is 2.78. The quantitative estimate of drug-likeness (QED) is 0.666. The average molecular weight is 264 g/mol. The molecule has 1 aromatic heterocycles. The summed E-state index contributed by atoms with van der Waals surface area (Å²) in [6.07, 6.45) is 1.79. The van der Waals surface area contributed by atoms with E-state index in [1.165, 1.54) is 0 Å². The zero-order valence-corrected chi connectivity index (χ0v) is 11.5. The molecule has 18 heavy (non-hydrogen) atoms. The summed E-state index contributed by atoms with van der Waals surface area (Å²) in [6.45, 7) is 5.17. The Morgan fingerprint density at radius 2 is 1.94 bits per heavy atom. The number of fused-ring (bicyclic) bond motifs is 1. The molecule has 1 heterocycles. The van der Waals surface area contributed by atoms with Gasteiger partial charge < -0.3 is 14.8 Å². The van der Waals surface area contributed by atoms with Crippen molar-refractivity contribution in [1.82, 2.24) is 4.98 Å². The van der Waals surface area contributed by atoms with Crippen LogP contribution in [0.4, 0.5) is 5.69 Å². The van der Waals surface area contributed by atoms with Crippen molar-refractivity contribution >= 4 is 30.3 Å². The topological polar surface area (TPSA) is 57.4 Å². The molecule has 0 amide bonds. The van der Waals surface area contributed by atoms with E-state index in [1.54, 1.807) is 6.20 Å². The fourth-order valence-electron chi connectivity index (χ4n) is 1.69. The lowest BCUT2D eigenvalue weighted by Crippen LogP contribution is -2.07. The predicted molar refractivity (Wildman–Crippen MR) is 76.0 cm³/mol. The minimum atomic E-state index is -1.04. The average Bonchev–Trinajstić information content (AvgIpc) is 2.38. The van der Waals surface area contributed by atoms with Gasteiger partial charge >= 0.3 is 0 Å². The number of anilines is 1. The van der Waals surface area contributed by atoms with Crippen LogP contribution in [0.5, 0.6) is 0 Å². The summed E-state index contributed by atoms with van der Waals surface area (Å²) in [4.78, 5) is 4.40. The Hall–Kier alpha value is -1.22. The summed E-state index contributed by atoms with van der Waals surface area (Å²) in [6, 6.07) is 7.80. The number of benzene rings is 1. The highest BCUT2D eigenvalue weighted by Crippen LogP contribution is 2.37. The van der Waals surface area contributed by atoms with Gasteiger partial charge in [0.1, 0.15) is 0 Å². The molecule has 0 aliphatic carbocycles. The third-order valence-corrected chi connectivity index (χ3v) is 4.08. The van der Waals surface area contributed by atoms with Gasteiger partial charge in [0.2, 0.25) is 8.38 Å². The number of para-hydroxylation sites is 1. The van der Waals surface area contributed by atoms with Crippen LogP contribution in [0.1, 0.15) is 13.8 Å². The molecule has 2 aromatic rings. The van der Waals surface area contributed by atoms with Crippen molar-refractivity contribution in [2.45, 2.75) is 13.8 Å². The molecule has 1 aromatic carbocycles. The van der Waals surface area contributed by atoms with Gasteiger partial charge in [0.05, 0.1) is 24.4 Å². The van der Waals surface area contributed by atoms with E-state index in [0.29, 0.717) is 18.9 Å². The summed E-state index contributed by atoms with van der Waals surface area (Å²) in [7, 11) is -1.04. The molecule has 0 aliphatic rings. The molecule has 0 fully saturated rings.